The third-order valence-electron chi connectivity index (χ3n) is 6.17. The number of hydrogen-bond acceptors (Lipinski definition) is 3. The zero-order valence-electron chi connectivity index (χ0n) is 16.5. The lowest BCUT2D eigenvalue weighted by Crippen LogP contribution is -2.34. The number of fused-ring (bicyclic) bond motifs is 3. The number of anilines is 2. The van der Waals surface area contributed by atoms with Crippen molar-refractivity contribution in [2.45, 2.75) is 39.0 Å². The summed E-state index contributed by atoms with van der Waals surface area (Å²) >= 11 is 0. The SMILES string of the molecule is CCN1CCCc2cc3c(cc21)C(C)(C)c1cc(N(C)C)ccc1C3=O. The second-order valence-corrected chi connectivity index (χ2v) is 8.29. The van der Waals surface area contributed by atoms with Gasteiger partial charge in [-0.2, -0.15) is 0 Å². The summed E-state index contributed by atoms with van der Waals surface area (Å²) in [6.45, 7) is 8.84. The molecule has 136 valence electrons. The number of benzene rings is 2. The van der Waals surface area contributed by atoms with Crippen LogP contribution in [0, 0.1) is 0 Å². The zero-order valence-corrected chi connectivity index (χ0v) is 16.5. The van der Waals surface area contributed by atoms with E-state index in [1.165, 1.54) is 23.2 Å². The molecule has 0 saturated carbocycles. The molecule has 0 spiro atoms. The summed E-state index contributed by atoms with van der Waals surface area (Å²) in [6, 6.07) is 10.7. The van der Waals surface area contributed by atoms with Crippen molar-refractivity contribution in [3.05, 3.63) is 58.1 Å². The minimum absolute atomic E-state index is 0.177. The molecule has 1 heterocycles. The first-order valence-electron chi connectivity index (χ1n) is 9.63. The topological polar surface area (TPSA) is 23.6 Å². The zero-order chi connectivity index (χ0) is 18.6. The Morgan fingerprint density at radius 2 is 1.81 bits per heavy atom. The Morgan fingerprint density at radius 3 is 2.50 bits per heavy atom. The van der Waals surface area contributed by atoms with Crippen LogP contribution >= 0.6 is 0 Å². The summed E-state index contributed by atoms with van der Waals surface area (Å²) in [4.78, 5) is 17.8. The van der Waals surface area contributed by atoms with E-state index in [0.717, 1.165) is 41.9 Å². The fraction of sp³-hybridized carbons (Fsp3) is 0.435. The van der Waals surface area contributed by atoms with Crippen molar-refractivity contribution in [2.75, 3.05) is 37.0 Å². The van der Waals surface area contributed by atoms with E-state index in [1.54, 1.807) is 0 Å². The lowest BCUT2D eigenvalue weighted by Gasteiger charge is -2.38. The number of ketones is 1. The molecule has 3 heteroatoms. The summed E-state index contributed by atoms with van der Waals surface area (Å²) in [5, 5.41) is 0. The summed E-state index contributed by atoms with van der Waals surface area (Å²) in [5.41, 5.74) is 7.68. The molecule has 0 unspecified atom stereocenters. The molecule has 2 aliphatic rings. The molecule has 0 atom stereocenters. The molecule has 26 heavy (non-hydrogen) atoms. The van der Waals surface area contributed by atoms with Crippen LogP contribution in [0.15, 0.2) is 30.3 Å². The Morgan fingerprint density at radius 1 is 1.08 bits per heavy atom. The Balaban J connectivity index is 1.94. The Hall–Kier alpha value is -2.29. The summed E-state index contributed by atoms with van der Waals surface area (Å²) in [5.74, 6) is 0.177. The van der Waals surface area contributed by atoms with Crippen LogP contribution in [0.4, 0.5) is 11.4 Å². The van der Waals surface area contributed by atoms with E-state index in [4.69, 9.17) is 0 Å². The van der Waals surface area contributed by atoms with E-state index in [-0.39, 0.29) is 11.2 Å². The van der Waals surface area contributed by atoms with Gasteiger partial charge < -0.3 is 9.80 Å². The summed E-state index contributed by atoms with van der Waals surface area (Å²) in [6.07, 6.45) is 2.24. The van der Waals surface area contributed by atoms with E-state index in [9.17, 15) is 4.79 Å². The van der Waals surface area contributed by atoms with Gasteiger partial charge in [-0.05, 0) is 66.8 Å². The number of aryl methyl sites for hydroxylation is 1. The highest BCUT2D eigenvalue weighted by molar-refractivity contribution is 6.13. The fourth-order valence-corrected chi connectivity index (χ4v) is 4.56. The van der Waals surface area contributed by atoms with E-state index < -0.39 is 0 Å². The first-order valence-corrected chi connectivity index (χ1v) is 9.63. The van der Waals surface area contributed by atoms with Crippen LogP contribution in [0.3, 0.4) is 0 Å². The van der Waals surface area contributed by atoms with E-state index in [0.29, 0.717) is 0 Å². The minimum atomic E-state index is -0.184. The first kappa shape index (κ1) is 17.1. The molecule has 0 bridgehead atoms. The lowest BCUT2D eigenvalue weighted by molar-refractivity contribution is 0.103. The molecular formula is C23H28N2O. The van der Waals surface area contributed by atoms with Gasteiger partial charge in [0.05, 0.1) is 0 Å². The van der Waals surface area contributed by atoms with E-state index in [1.807, 2.05) is 20.2 Å². The maximum Gasteiger partial charge on any atom is 0.193 e. The molecule has 4 rings (SSSR count). The maximum absolute atomic E-state index is 13.3. The van der Waals surface area contributed by atoms with Crippen molar-refractivity contribution < 1.29 is 4.79 Å². The van der Waals surface area contributed by atoms with Gasteiger partial charge in [-0.3, -0.25) is 4.79 Å². The average molecular weight is 348 g/mol. The fourth-order valence-electron chi connectivity index (χ4n) is 4.56. The largest absolute Gasteiger partial charge is 0.378 e. The monoisotopic (exact) mass is 348 g/mol. The first-order chi connectivity index (χ1) is 12.3. The smallest absolute Gasteiger partial charge is 0.193 e. The number of nitrogens with zero attached hydrogens (tertiary/aromatic N) is 2. The molecule has 1 aliphatic heterocycles. The maximum atomic E-state index is 13.3. The molecule has 0 N–H and O–H groups in total. The Labute approximate surface area is 156 Å². The summed E-state index contributed by atoms with van der Waals surface area (Å²) < 4.78 is 0. The second kappa shape index (κ2) is 5.87. The number of carbonyl (C=O) groups excluding carboxylic acids is 1. The second-order valence-electron chi connectivity index (χ2n) is 8.29. The number of rotatable bonds is 2. The van der Waals surface area contributed by atoms with E-state index >= 15 is 0 Å². The highest BCUT2D eigenvalue weighted by atomic mass is 16.1. The number of carbonyl (C=O) groups is 1. The van der Waals surface area contributed by atoms with Gasteiger partial charge in [0.2, 0.25) is 0 Å². The van der Waals surface area contributed by atoms with Crippen LogP contribution in [0.25, 0.3) is 0 Å². The predicted molar refractivity (Wildman–Crippen MR) is 109 cm³/mol. The van der Waals surface area contributed by atoms with Crippen LogP contribution in [0.2, 0.25) is 0 Å². The highest BCUT2D eigenvalue weighted by Gasteiger charge is 2.38. The quantitative estimate of drug-likeness (QED) is 0.804. The van der Waals surface area contributed by atoms with Crippen molar-refractivity contribution in [1.82, 2.24) is 0 Å². The van der Waals surface area contributed by atoms with Gasteiger partial charge in [0.15, 0.2) is 5.78 Å². The molecule has 0 amide bonds. The summed E-state index contributed by atoms with van der Waals surface area (Å²) in [7, 11) is 4.09. The molecule has 2 aromatic carbocycles. The van der Waals surface area contributed by atoms with Gasteiger partial charge in [0, 0.05) is 55.1 Å². The third-order valence-corrected chi connectivity index (χ3v) is 6.17. The van der Waals surface area contributed by atoms with Crippen molar-refractivity contribution in [2.24, 2.45) is 0 Å². The molecule has 2 aromatic rings. The van der Waals surface area contributed by atoms with Crippen molar-refractivity contribution in [3.8, 4) is 0 Å². The van der Waals surface area contributed by atoms with Crippen molar-refractivity contribution >= 4 is 17.2 Å². The van der Waals surface area contributed by atoms with Crippen LogP contribution in [0.5, 0.6) is 0 Å². The Kier molecular flexibility index (Phi) is 3.87. The lowest BCUT2D eigenvalue weighted by atomic mass is 9.67. The molecular weight excluding hydrogens is 320 g/mol. The minimum Gasteiger partial charge on any atom is -0.378 e. The van der Waals surface area contributed by atoms with Gasteiger partial charge >= 0.3 is 0 Å². The molecule has 0 fully saturated rings. The van der Waals surface area contributed by atoms with Gasteiger partial charge in [0.25, 0.3) is 0 Å². The van der Waals surface area contributed by atoms with Crippen LogP contribution in [-0.2, 0) is 11.8 Å². The number of hydrogen-bond donors (Lipinski definition) is 0. The molecule has 0 aromatic heterocycles. The normalized spacial score (nSPS) is 17.4. The van der Waals surface area contributed by atoms with E-state index in [2.05, 4.69) is 54.8 Å². The van der Waals surface area contributed by atoms with Gasteiger partial charge in [-0.1, -0.05) is 13.8 Å². The van der Waals surface area contributed by atoms with Gasteiger partial charge in [-0.25, -0.2) is 0 Å². The van der Waals surface area contributed by atoms with Crippen molar-refractivity contribution in [3.63, 3.8) is 0 Å². The van der Waals surface area contributed by atoms with Gasteiger partial charge in [-0.15, -0.1) is 0 Å². The molecule has 0 radical (unpaired) electrons. The molecule has 1 aliphatic carbocycles. The standard InChI is InChI=1S/C23H28N2O/c1-6-25-11-7-8-15-12-18-20(14-21(15)25)23(2,3)19-13-16(24(4)5)9-10-17(19)22(18)26/h9-10,12-14H,6-8,11H2,1-5H3. The van der Waals surface area contributed by atoms with Crippen LogP contribution in [0.1, 0.15) is 59.8 Å². The average Bonchev–Trinajstić information content (AvgIpc) is 2.64. The predicted octanol–water partition coefficient (Wildman–Crippen LogP) is 4.40. The Bertz CT molecular complexity index is 895. The highest BCUT2D eigenvalue weighted by Crippen LogP contribution is 2.45. The van der Waals surface area contributed by atoms with Crippen LogP contribution in [-0.4, -0.2) is 33.0 Å². The molecule has 3 nitrogen and oxygen atoms in total. The van der Waals surface area contributed by atoms with Gasteiger partial charge in [0.1, 0.15) is 0 Å². The van der Waals surface area contributed by atoms with Crippen LogP contribution < -0.4 is 9.80 Å². The van der Waals surface area contributed by atoms with Crippen molar-refractivity contribution in [1.29, 1.82) is 0 Å². The third kappa shape index (κ3) is 2.37. The molecule has 0 saturated heterocycles.